The Morgan fingerprint density at radius 3 is 2.57 bits per heavy atom. The Morgan fingerprint density at radius 1 is 1.33 bits per heavy atom. The Hall–Kier alpha value is -2.41. The number of thiophene rings is 1. The normalized spacial score (nSPS) is 10.4. The largest absolute Gasteiger partial charge is 0.478 e. The van der Waals surface area contributed by atoms with Crippen molar-refractivity contribution in [3.63, 3.8) is 0 Å². The Labute approximate surface area is 124 Å². The van der Waals surface area contributed by atoms with Crippen LogP contribution in [0.1, 0.15) is 31.3 Å². The molecule has 0 saturated heterocycles. The summed E-state index contributed by atoms with van der Waals surface area (Å²) in [4.78, 5) is 35.6. The van der Waals surface area contributed by atoms with Crippen LogP contribution in [0.2, 0.25) is 0 Å². The second kappa shape index (κ2) is 5.53. The fourth-order valence-corrected chi connectivity index (χ4v) is 3.02. The minimum absolute atomic E-state index is 0.0524. The molecule has 2 aromatic heterocycles. The molecule has 0 atom stereocenters. The lowest BCUT2D eigenvalue weighted by Crippen LogP contribution is -2.25. The molecule has 2 rings (SSSR count). The first-order valence-corrected chi connectivity index (χ1v) is 6.89. The Morgan fingerprint density at radius 2 is 2.00 bits per heavy atom. The number of aromatic carboxylic acids is 1. The van der Waals surface area contributed by atoms with Crippen LogP contribution in [-0.4, -0.2) is 28.7 Å². The molecule has 6 nitrogen and oxygen atoms in total. The van der Waals surface area contributed by atoms with E-state index < -0.39 is 17.5 Å². The van der Waals surface area contributed by atoms with Gasteiger partial charge in [0.2, 0.25) is 0 Å². The standard InChI is InChI=1S/C14H13NO5S/c1-7-6-10(16)15(8(2)11(7)13(17)18)9-4-5-21-12(9)14(19)20-3/h4-6H,1-3H3,(H,17,18). The summed E-state index contributed by atoms with van der Waals surface area (Å²) in [6, 6.07) is 2.83. The van der Waals surface area contributed by atoms with Crippen LogP contribution in [-0.2, 0) is 4.74 Å². The van der Waals surface area contributed by atoms with E-state index in [0.29, 0.717) is 11.3 Å². The number of hydrogen-bond acceptors (Lipinski definition) is 5. The molecule has 110 valence electrons. The lowest BCUT2D eigenvalue weighted by atomic mass is 10.1. The Bertz CT molecular complexity index is 787. The minimum atomic E-state index is -1.12. The molecular weight excluding hydrogens is 294 g/mol. The van der Waals surface area contributed by atoms with E-state index >= 15 is 0 Å². The fourth-order valence-electron chi connectivity index (χ4n) is 2.23. The minimum Gasteiger partial charge on any atom is -0.478 e. The molecule has 0 amide bonds. The van der Waals surface area contributed by atoms with Gasteiger partial charge < -0.3 is 9.84 Å². The van der Waals surface area contributed by atoms with Gasteiger partial charge in [0.1, 0.15) is 4.88 Å². The highest BCUT2D eigenvalue weighted by Crippen LogP contribution is 2.24. The van der Waals surface area contributed by atoms with Crippen LogP contribution in [0.15, 0.2) is 22.3 Å². The number of hydrogen-bond donors (Lipinski definition) is 1. The average molecular weight is 307 g/mol. The molecule has 0 aromatic carbocycles. The molecule has 0 aliphatic carbocycles. The van der Waals surface area contributed by atoms with Gasteiger partial charge >= 0.3 is 11.9 Å². The summed E-state index contributed by atoms with van der Waals surface area (Å²) >= 11 is 1.13. The van der Waals surface area contributed by atoms with E-state index in [1.165, 1.54) is 24.7 Å². The van der Waals surface area contributed by atoms with Crippen molar-refractivity contribution < 1.29 is 19.4 Å². The average Bonchev–Trinajstić information content (AvgIpc) is 2.85. The summed E-state index contributed by atoms with van der Waals surface area (Å²) in [7, 11) is 1.25. The number of ether oxygens (including phenoxy) is 1. The molecule has 0 aliphatic rings. The van der Waals surface area contributed by atoms with Crippen molar-refractivity contribution in [1.29, 1.82) is 0 Å². The maximum Gasteiger partial charge on any atom is 0.350 e. The molecule has 21 heavy (non-hydrogen) atoms. The van der Waals surface area contributed by atoms with Crippen LogP contribution < -0.4 is 5.56 Å². The van der Waals surface area contributed by atoms with Crippen molar-refractivity contribution in [2.45, 2.75) is 13.8 Å². The smallest absolute Gasteiger partial charge is 0.350 e. The second-order valence-electron chi connectivity index (χ2n) is 4.39. The summed E-state index contributed by atoms with van der Waals surface area (Å²) in [5, 5.41) is 10.9. The molecule has 0 spiro atoms. The monoisotopic (exact) mass is 307 g/mol. The summed E-state index contributed by atoms with van der Waals surface area (Å²) < 4.78 is 5.90. The number of pyridine rings is 1. The van der Waals surface area contributed by atoms with Crippen LogP contribution in [0.5, 0.6) is 0 Å². The summed E-state index contributed by atoms with van der Waals surface area (Å²) in [6.07, 6.45) is 0. The Balaban J connectivity index is 2.80. The van der Waals surface area contributed by atoms with Crippen LogP contribution in [0.4, 0.5) is 0 Å². The maximum atomic E-state index is 12.2. The first-order chi connectivity index (χ1) is 9.88. The van der Waals surface area contributed by atoms with Crippen molar-refractivity contribution in [3.8, 4) is 5.69 Å². The van der Waals surface area contributed by atoms with E-state index in [4.69, 9.17) is 0 Å². The fraction of sp³-hybridized carbons (Fsp3) is 0.214. The zero-order valence-electron chi connectivity index (χ0n) is 11.7. The zero-order chi connectivity index (χ0) is 15.7. The number of rotatable bonds is 3. The second-order valence-corrected chi connectivity index (χ2v) is 5.31. The van der Waals surface area contributed by atoms with Crippen molar-refractivity contribution in [1.82, 2.24) is 4.57 Å². The number of methoxy groups -OCH3 is 1. The SMILES string of the molecule is COC(=O)c1sccc1-n1c(C)c(C(=O)O)c(C)cc1=O. The zero-order valence-corrected chi connectivity index (χ0v) is 12.5. The number of esters is 1. The van der Waals surface area contributed by atoms with Gasteiger partial charge in [0, 0.05) is 11.8 Å². The molecule has 0 unspecified atom stereocenters. The van der Waals surface area contributed by atoms with Crippen molar-refractivity contribution in [2.75, 3.05) is 7.11 Å². The first-order valence-electron chi connectivity index (χ1n) is 6.01. The van der Waals surface area contributed by atoms with Gasteiger partial charge in [-0.25, -0.2) is 9.59 Å². The van der Waals surface area contributed by atoms with Gasteiger partial charge in [-0.2, -0.15) is 0 Å². The maximum absolute atomic E-state index is 12.2. The molecular formula is C14H13NO5S. The number of carbonyl (C=O) groups is 2. The van der Waals surface area contributed by atoms with E-state index in [-0.39, 0.29) is 16.1 Å². The van der Waals surface area contributed by atoms with Gasteiger partial charge in [0.25, 0.3) is 5.56 Å². The van der Waals surface area contributed by atoms with E-state index in [2.05, 4.69) is 4.74 Å². The van der Waals surface area contributed by atoms with Gasteiger partial charge in [0.15, 0.2) is 0 Å². The van der Waals surface area contributed by atoms with Crippen LogP contribution in [0.25, 0.3) is 5.69 Å². The predicted molar refractivity (Wildman–Crippen MR) is 77.7 cm³/mol. The highest BCUT2D eigenvalue weighted by atomic mass is 32.1. The van der Waals surface area contributed by atoms with E-state index in [1.807, 2.05) is 0 Å². The van der Waals surface area contributed by atoms with Crippen molar-refractivity contribution in [3.05, 3.63) is 49.6 Å². The summed E-state index contributed by atoms with van der Waals surface area (Å²) in [5.41, 5.74) is 0.652. The van der Waals surface area contributed by atoms with Crippen LogP contribution in [0.3, 0.4) is 0 Å². The lowest BCUT2D eigenvalue weighted by molar-refractivity contribution is 0.0605. The predicted octanol–water partition coefficient (Wildman–Crippen LogP) is 2.00. The third-order valence-electron chi connectivity index (χ3n) is 3.12. The van der Waals surface area contributed by atoms with Gasteiger partial charge in [-0.05, 0) is 30.9 Å². The van der Waals surface area contributed by atoms with Crippen molar-refractivity contribution >= 4 is 23.3 Å². The number of aromatic nitrogens is 1. The molecule has 0 bridgehead atoms. The summed E-state index contributed by atoms with van der Waals surface area (Å²) in [6.45, 7) is 3.10. The molecule has 0 fully saturated rings. The van der Waals surface area contributed by atoms with Crippen molar-refractivity contribution in [2.24, 2.45) is 0 Å². The van der Waals surface area contributed by atoms with Gasteiger partial charge in [-0.1, -0.05) is 0 Å². The molecule has 0 aliphatic heterocycles. The number of nitrogens with zero attached hydrogens (tertiary/aromatic N) is 1. The first kappa shape index (κ1) is 15.0. The summed E-state index contributed by atoms with van der Waals surface area (Å²) in [5.74, 6) is -1.68. The van der Waals surface area contributed by atoms with E-state index in [1.54, 1.807) is 18.4 Å². The number of aryl methyl sites for hydroxylation is 1. The molecule has 0 saturated carbocycles. The van der Waals surface area contributed by atoms with Gasteiger partial charge in [0.05, 0.1) is 18.4 Å². The third-order valence-corrected chi connectivity index (χ3v) is 4.01. The molecule has 1 N–H and O–H groups in total. The Kier molecular flexibility index (Phi) is 3.95. The molecule has 2 aromatic rings. The molecule has 7 heteroatoms. The highest BCUT2D eigenvalue weighted by molar-refractivity contribution is 7.12. The van der Waals surface area contributed by atoms with Crippen LogP contribution in [0, 0.1) is 13.8 Å². The van der Waals surface area contributed by atoms with Gasteiger partial charge in [-0.15, -0.1) is 11.3 Å². The van der Waals surface area contributed by atoms with Gasteiger partial charge in [-0.3, -0.25) is 9.36 Å². The molecule has 2 heterocycles. The lowest BCUT2D eigenvalue weighted by Gasteiger charge is -2.14. The highest BCUT2D eigenvalue weighted by Gasteiger charge is 2.21. The quantitative estimate of drug-likeness (QED) is 0.877. The number of carboxylic acid groups (broad SMARTS) is 1. The topological polar surface area (TPSA) is 85.6 Å². The molecule has 0 radical (unpaired) electrons. The number of carbonyl (C=O) groups excluding carboxylic acids is 1. The third kappa shape index (κ3) is 2.47. The number of carboxylic acids is 1. The van der Waals surface area contributed by atoms with E-state index in [9.17, 15) is 19.5 Å². The van der Waals surface area contributed by atoms with Crippen LogP contribution >= 0.6 is 11.3 Å². The van der Waals surface area contributed by atoms with E-state index in [0.717, 1.165) is 11.3 Å².